The van der Waals surface area contributed by atoms with E-state index < -0.39 is 6.10 Å². The minimum absolute atomic E-state index is 0.523. The summed E-state index contributed by atoms with van der Waals surface area (Å²) in [5, 5.41) is 17.3. The molecule has 3 nitrogen and oxygen atoms in total. The van der Waals surface area contributed by atoms with Crippen molar-refractivity contribution in [1.29, 1.82) is 0 Å². The van der Waals surface area contributed by atoms with E-state index in [-0.39, 0.29) is 0 Å². The summed E-state index contributed by atoms with van der Waals surface area (Å²) in [7, 11) is 0. The summed E-state index contributed by atoms with van der Waals surface area (Å²) in [6, 6.07) is 16.4. The monoisotopic (exact) mass is 280 g/mol. The molecule has 0 fully saturated rings. The fourth-order valence-corrected chi connectivity index (χ4v) is 2.81. The van der Waals surface area contributed by atoms with Gasteiger partial charge < -0.3 is 5.11 Å². The predicted molar refractivity (Wildman–Crippen MR) is 85.1 cm³/mol. The van der Waals surface area contributed by atoms with Crippen LogP contribution in [0.1, 0.15) is 30.7 Å². The number of hydrogen-bond donors (Lipinski definition) is 1. The quantitative estimate of drug-likeness (QED) is 0.773. The Morgan fingerprint density at radius 3 is 2.76 bits per heavy atom. The molecule has 21 heavy (non-hydrogen) atoms. The number of aryl methyl sites for hydroxylation is 1. The van der Waals surface area contributed by atoms with E-state index in [4.69, 9.17) is 0 Å². The van der Waals surface area contributed by atoms with Gasteiger partial charge in [-0.2, -0.15) is 5.10 Å². The molecule has 0 aliphatic carbocycles. The minimum Gasteiger partial charge on any atom is -0.386 e. The first-order valence-corrected chi connectivity index (χ1v) is 7.46. The number of nitrogens with zero attached hydrogens (tertiary/aromatic N) is 2. The van der Waals surface area contributed by atoms with Crippen molar-refractivity contribution in [3.63, 3.8) is 0 Å². The third-order valence-electron chi connectivity index (χ3n) is 3.82. The molecule has 3 heteroatoms. The number of rotatable bonds is 5. The van der Waals surface area contributed by atoms with Crippen LogP contribution < -0.4 is 0 Å². The number of benzene rings is 2. The van der Waals surface area contributed by atoms with Gasteiger partial charge in [0.15, 0.2) is 0 Å². The van der Waals surface area contributed by atoms with E-state index in [0.29, 0.717) is 6.42 Å². The lowest BCUT2D eigenvalue weighted by Gasteiger charge is -2.14. The van der Waals surface area contributed by atoms with E-state index in [9.17, 15) is 5.11 Å². The molecule has 2 aromatic carbocycles. The smallest absolute Gasteiger partial charge is 0.0997 e. The third-order valence-corrected chi connectivity index (χ3v) is 3.82. The average molecular weight is 280 g/mol. The Kier molecular flexibility index (Phi) is 4.02. The van der Waals surface area contributed by atoms with Crippen LogP contribution in [0.25, 0.3) is 10.8 Å². The van der Waals surface area contributed by atoms with Crippen molar-refractivity contribution in [2.75, 3.05) is 0 Å². The van der Waals surface area contributed by atoms with Crippen molar-refractivity contribution in [3.05, 3.63) is 66.0 Å². The Bertz CT molecular complexity index is 727. The highest BCUT2D eigenvalue weighted by Crippen LogP contribution is 2.24. The molecule has 0 aliphatic rings. The standard InChI is InChI=1S/C18H20N2O/c1-2-12-20-17(10-11-19-20)18(21)13-15-8-5-7-14-6-3-4-9-16(14)15/h3-11,18,21H,2,12-13H2,1H3. The van der Waals surface area contributed by atoms with Gasteiger partial charge in [-0.05, 0) is 28.8 Å². The van der Waals surface area contributed by atoms with E-state index in [1.165, 1.54) is 16.3 Å². The van der Waals surface area contributed by atoms with E-state index in [0.717, 1.165) is 18.7 Å². The summed E-state index contributed by atoms with van der Waals surface area (Å²) in [5.74, 6) is 0. The number of aliphatic hydroxyl groups excluding tert-OH is 1. The molecule has 1 aromatic heterocycles. The Morgan fingerprint density at radius 2 is 1.90 bits per heavy atom. The van der Waals surface area contributed by atoms with Gasteiger partial charge >= 0.3 is 0 Å². The zero-order valence-corrected chi connectivity index (χ0v) is 12.2. The largest absolute Gasteiger partial charge is 0.386 e. The fraction of sp³-hybridized carbons (Fsp3) is 0.278. The average Bonchev–Trinajstić information content (AvgIpc) is 2.96. The summed E-state index contributed by atoms with van der Waals surface area (Å²) in [6.07, 6.45) is 2.86. The molecule has 1 unspecified atom stereocenters. The van der Waals surface area contributed by atoms with E-state index in [1.807, 2.05) is 28.9 Å². The van der Waals surface area contributed by atoms with Gasteiger partial charge in [-0.25, -0.2) is 0 Å². The van der Waals surface area contributed by atoms with Gasteiger partial charge in [0.05, 0.1) is 11.8 Å². The van der Waals surface area contributed by atoms with Crippen LogP contribution >= 0.6 is 0 Å². The second-order valence-corrected chi connectivity index (χ2v) is 5.34. The van der Waals surface area contributed by atoms with Crippen LogP contribution in [0.3, 0.4) is 0 Å². The van der Waals surface area contributed by atoms with Crippen molar-refractivity contribution in [2.45, 2.75) is 32.4 Å². The van der Waals surface area contributed by atoms with Gasteiger partial charge in [-0.3, -0.25) is 4.68 Å². The molecule has 0 saturated carbocycles. The fourth-order valence-electron chi connectivity index (χ4n) is 2.81. The second-order valence-electron chi connectivity index (χ2n) is 5.34. The number of fused-ring (bicyclic) bond motifs is 1. The molecule has 3 aromatic rings. The van der Waals surface area contributed by atoms with Gasteiger partial charge in [0.1, 0.15) is 0 Å². The lowest BCUT2D eigenvalue weighted by molar-refractivity contribution is 0.167. The van der Waals surface area contributed by atoms with Crippen LogP contribution in [-0.2, 0) is 13.0 Å². The molecule has 0 radical (unpaired) electrons. The molecule has 0 bridgehead atoms. The second kappa shape index (κ2) is 6.10. The maximum Gasteiger partial charge on any atom is 0.0997 e. The van der Waals surface area contributed by atoms with Crippen molar-refractivity contribution in [2.24, 2.45) is 0 Å². The molecule has 1 heterocycles. The highest BCUT2D eigenvalue weighted by atomic mass is 16.3. The summed E-state index contributed by atoms with van der Waals surface area (Å²) >= 11 is 0. The van der Waals surface area contributed by atoms with Crippen LogP contribution in [0.15, 0.2) is 54.7 Å². The highest BCUT2D eigenvalue weighted by Gasteiger charge is 2.14. The van der Waals surface area contributed by atoms with Gasteiger partial charge in [0, 0.05) is 19.2 Å². The molecular formula is C18H20N2O. The Morgan fingerprint density at radius 1 is 1.10 bits per heavy atom. The first-order chi connectivity index (χ1) is 10.3. The molecule has 0 amide bonds. The van der Waals surface area contributed by atoms with Crippen LogP contribution in [0, 0.1) is 0 Å². The van der Waals surface area contributed by atoms with E-state index >= 15 is 0 Å². The number of aromatic nitrogens is 2. The summed E-state index contributed by atoms with van der Waals surface area (Å²) < 4.78 is 1.90. The minimum atomic E-state index is -0.523. The molecule has 108 valence electrons. The molecule has 0 saturated heterocycles. The van der Waals surface area contributed by atoms with Crippen molar-refractivity contribution >= 4 is 10.8 Å². The molecular weight excluding hydrogens is 260 g/mol. The van der Waals surface area contributed by atoms with Crippen molar-refractivity contribution in [1.82, 2.24) is 9.78 Å². The van der Waals surface area contributed by atoms with Crippen molar-refractivity contribution < 1.29 is 5.11 Å². The lowest BCUT2D eigenvalue weighted by Crippen LogP contribution is -2.11. The number of hydrogen-bond acceptors (Lipinski definition) is 2. The predicted octanol–water partition coefficient (Wildman–Crippen LogP) is 3.72. The summed E-state index contributed by atoms with van der Waals surface area (Å²) in [6.45, 7) is 2.96. The van der Waals surface area contributed by atoms with E-state index in [2.05, 4.69) is 36.3 Å². The highest BCUT2D eigenvalue weighted by molar-refractivity contribution is 5.85. The van der Waals surface area contributed by atoms with Gasteiger partial charge in [0.2, 0.25) is 0 Å². The number of aliphatic hydroxyl groups is 1. The Hall–Kier alpha value is -2.13. The zero-order chi connectivity index (χ0) is 14.7. The third kappa shape index (κ3) is 2.83. The summed E-state index contributed by atoms with van der Waals surface area (Å²) in [5.41, 5.74) is 2.06. The summed E-state index contributed by atoms with van der Waals surface area (Å²) in [4.78, 5) is 0. The Balaban J connectivity index is 1.89. The van der Waals surface area contributed by atoms with Crippen LogP contribution in [0.5, 0.6) is 0 Å². The van der Waals surface area contributed by atoms with Crippen LogP contribution in [-0.4, -0.2) is 14.9 Å². The van der Waals surface area contributed by atoms with Gasteiger partial charge in [-0.1, -0.05) is 49.4 Å². The first-order valence-electron chi connectivity index (χ1n) is 7.46. The SMILES string of the molecule is CCCn1nccc1C(O)Cc1cccc2ccccc12. The normalized spacial score (nSPS) is 12.7. The van der Waals surface area contributed by atoms with E-state index in [1.54, 1.807) is 6.20 Å². The van der Waals surface area contributed by atoms with Crippen molar-refractivity contribution in [3.8, 4) is 0 Å². The first kappa shape index (κ1) is 13.8. The maximum atomic E-state index is 10.6. The molecule has 3 rings (SSSR count). The molecule has 1 atom stereocenters. The van der Waals surface area contributed by atoms with Gasteiger partial charge in [0.25, 0.3) is 0 Å². The van der Waals surface area contributed by atoms with Gasteiger partial charge in [-0.15, -0.1) is 0 Å². The zero-order valence-electron chi connectivity index (χ0n) is 12.2. The molecule has 0 aliphatic heterocycles. The molecule has 0 spiro atoms. The topological polar surface area (TPSA) is 38.0 Å². The van der Waals surface area contributed by atoms with Crippen LogP contribution in [0.2, 0.25) is 0 Å². The molecule has 1 N–H and O–H groups in total. The maximum absolute atomic E-state index is 10.6. The Labute approximate surface area is 124 Å². The lowest BCUT2D eigenvalue weighted by atomic mass is 9.99. The van der Waals surface area contributed by atoms with Crippen LogP contribution in [0.4, 0.5) is 0 Å².